The molecule has 2 rings (SSSR count). The molecule has 1 aromatic rings. The summed E-state index contributed by atoms with van der Waals surface area (Å²) in [5.74, 6) is 0. The van der Waals surface area contributed by atoms with Crippen LogP contribution in [0.15, 0.2) is 0 Å². The van der Waals surface area contributed by atoms with Gasteiger partial charge in [-0.2, -0.15) is 0 Å². The Morgan fingerprint density at radius 3 is 3.00 bits per heavy atom. The van der Waals surface area contributed by atoms with Crippen LogP contribution in [0.4, 0.5) is 0 Å². The highest BCUT2D eigenvalue weighted by Crippen LogP contribution is 2.42. The number of aliphatic hydroxyl groups excluding tert-OH is 1. The Kier molecular flexibility index (Phi) is 3.85. The number of ether oxygens (including phenoxy) is 1. The molecule has 3 nitrogen and oxygen atoms in total. The van der Waals surface area contributed by atoms with Gasteiger partial charge in [0.2, 0.25) is 0 Å². The number of fused-ring (bicyclic) bond motifs is 1. The molecule has 0 fully saturated rings. The maximum atomic E-state index is 10.1. The zero-order valence-corrected chi connectivity index (χ0v) is 11.6. The molecule has 1 heterocycles. The lowest BCUT2D eigenvalue weighted by Gasteiger charge is -2.31. The van der Waals surface area contributed by atoms with Gasteiger partial charge in [0.25, 0.3) is 0 Å². The number of aromatic nitrogens is 1. The Balaban J connectivity index is 2.10. The predicted molar refractivity (Wildman–Crippen MR) is 69.1 cm³/mol. The second-order valence-corrected chi connectivity index (χ2v) is 6.65. The first-order chi connectivity index (χ1) is 8.02. The first-order valence-electron chi connectivity index (χ1n) is 6.26. The van der Waals surface area contributed by atoms with E-state index in [1.807, 2.05) is 0 Å². The van der Waals surface area contributed by atoms with Crippen LogP contribution in [0.2, 0.25) is 0 Å². The summed E-state index contributed by atoms with van der Waals surface area (Å²) in [6, 6.07) is 0. The van der Waals surface area contributed by atoms with Crippen molar-refractivity contribution < 1.29 is 9.84 Å². The second kappa shape index (κ2) is 5.04. The molecule has 0 aromatic carbocycles. The highest BCUT2D eigenvalue weighted by molar-refractivity contribution is 7.11. The summed E-state index contributed by atoms with van der Waals surface area (Å²) in [7, 11) is 0. The average Bonchev–Trinajstić information content (AvgIpc) is 2.59. The fraction of sp³-hybridized carbons (Fsp3) is 0.769. The third-order valence-electron chi connectivity index (χ3n) is 3.04. The molecule has 0 spiro atoms. The lowest BCUT2D eigenvalue weighted by Crippen LogP contribution is -2.24. The molecule has 1 N–H and O–H groups in total. The number of aliphatic hydroxyl groups is 1. The summed E-state index contributed by atoms with van der Waals surface area (Å²) in [5.41, 5.74) is 1.23. The van der Waals surface area contributed by atoms with Gasteiger partial charge < -0.3 is 9.84 Å². The van der Waals surface area contributed by atoms with Crippen LogP contribution in [0.1, 0.15) is 55.3 Å². The molecule has 1 atom stereocenters. The van der Waals surface area contributed by atoms with Gasteiger partial charge in [0.05, 0.1) is 23.3 Å². The molecular weight excluding hydrogens is 234 g/mol. The SMILES string of the molecule is CCCOCc1nc2c(s1)C(O)CC(C)(C)C2. The van der Waals surface area contributed by atoms with E-state index in [1.165, 1.54) is 0 Å². The molecule has 0 saturated heterocycles. The number of hydrogen-bond acceptors (Lipinski definition) is 4. The molecular formula is C13H21NO2S. The van der Waals surface area contributed by atoms with Crippen LogP contribution < -0.4 is 0 Å². The van der Waals surface area contributed by atoms with Gasteiger partial charge in [-0.25, -0.2) is 4.98 Å². The standard InChI is InChI=1S/C13H21NO2S/c1-4-5-16-8-11-14-9-6-13(2,3)7-10(15)12(9)17-11/h10,15H,4-8H2,1-3H3. The number of rotatable bonds is 4. The maximum Gasteiger partial charge on any atom is 0.119 e. The van der Waals surface area contributed by atoms with Crippen molar-refractivity contribution in [1.82, 2.24) is 4.98 Å². The molecule has 0 saturated carbocycles. The molecule has 0 aliphatic heterocycles. The smallest absolute Gasteiger partial charge is 0.119 e. The van der Waals surface area contributed by atoms with Crippen molar-refractivity contribution in [2.45, 2.75) is 52.7 Å². The predicted octanol–water partition coefficient (Wildman–Crippen LogP) is 3.08. The summed E-state index contributed by atoms with van der Waals surface area (Å²) in [4.78, 5) is 5.66. The largest absolute Gasteiger partial charge is 0.387 e. The Labute approximate surface area is 107 Å². The van der Waals surface area contributed by atoms with Crippen LogP contribution in [0.5, 0.6) is 0 Å². The molecule has 4 heteroatoms. The molecule has 0 radical (unpaired) electrons. The van der Waals surface area contributed by atoms with Gasteiger partial charge >= 0.3 is 0 Å². The monoisotopic (exact) mass is 255 g/mol. The van der Waals surface area contributed by atoms with E-state index in [4.69, 9.17) is 4.74 Å². The van der Waals surface area contributed by atoms with E-state index >= 15 is 0 Å². The summed E-state index contributed by atoms with van der Waals surface area (Å²) < 4.78 is 5.50. The molecule has 17 heavy (non-hydrogen) atoms. The summed E-state index contributed by atoms with van der Waals surface area (Å²) >= 11 is 1.61. The van der Waals surface area contributed by atoms with Crippen LogP contribution in [0.3, 0.4) is 0 Å². The van der Waals surface area contributed by atoms with Crippen LogP contribution in [0.25, 0.3) is 0 Å². The van der Waals surface area contributed by atoms with Crippen LogP contribution in [-0.2, 0) is 17.8 Å². The quantitative estimate of drug-likeness (QED) is 0.841. The molecule has 1 aliphatic carbocycles. The van der Waals surface area contributed by atoms with Crippen molar-refractivity contribution in [3.63, 3.8) is 0 Å². The Morgan fingerprint density at radius 1 is 1.53 bits per heavy atom. The van der Waals surface area contributed by atoms with Crippen molar-refractivity contribution in [1.29, 1.82) is 0 Å². The first-order valence-corrected chi connectivity index (χ1v) is 7.08. The topological polar surface area (TPSA) is 42.4 Å². The molecule has 96 valence electrons. The highest BCUT2D eigenvalue weighted by atomic mass is 32.1. The van der Waals surface area contributed by atoms with Gasteiger partial charge in [0.15, 0.2) is 0 Å². The fourth-order valence-electron chi connectivity index (χ4n) is 2.31. The van der Waals surface area contributed by atoms with Gasteiger partial charge in [-0.1, -0.05) is 20.8 Å². The van der Waals surface area contributed by atoms with Crippen LogP contribution >= 0.6 is 11.3 Å². The Bertz CT molecular complexity index is 387. The van der Waals surface area contributed by atoms with Gasteiger partial charge in [-0.3, -0.25) is 0 Å². The zero-order valence-electron chi connectivity index (χ0n) is 10.8. The van der Waals surface area contributed by atoms with Crippen molar-refractivity contribution in [2.75, 3.05) is 6.61 Å². The van der Waals surface area contributed by atoms with Crippen molar-refractivity contribution >= 4 is 11.3 Å². The number of nitrogens with zero attached hydrogens (tertiary/aromatic N) is 1. The fourth-order valence-corrected chi connectivity index (χ4v) is 3.32. The first kappa shape index (κ1) is 13.0. The lowest BCUT2D eigenvalue weighted by atomic mass is 9.77. The van der Waals surface area contributed by atoms with Crippen LogP contribution in [-0.4, -0.2) is 16.7 Å². The van der Waals surface area contributed by atoms with E-state index in [2.05, 4.69) is 25.8 Å². The minimum atomic E-state index is -0.342. The Hall–Kier alpha value is -0.450. The van der Waals surface area contributed by atoms with Gasteiger partial charge in [0, 0.05) is 6.61 Å². The third kappa shape index (κ3) is 3.06. The van der Waals surface area contributed by atoms with Crippen LogP contribution in [0, 0.1) is 5.41 Å². The minimum Gasteiger partial charge on any atom is -0.387 e. The molecule has 1 aliphatic rings. The number of hydrogen-bond donors (Lipinski definition) is 1. The third-order valence-corrected chi connectivity index (χ3v) is 4.21. The van der Waals surface area contributed by atoms with E-state index in [-0.39, 0.29) is 11.5 Å². The zero-order chi connectivity index (χ0) is 12.5. The van der Waals surface area contributed by atoms with Crippen molar-refractivity contribution in [3.05, 3.63) is 15.6 Å². The number of thiazole rings is 1. The van der Waals surface area contributed by atoms with E-state index < -0.39 is 0 Å². The maximum absolute atomic E-state index is 10.1. The van der Waals surface area contributed by atoms with E-state index in [1.54, 1.807) is 11.3 Å². The van der Waals surface area contributed by atoms with E-state index in [0.717, 1.165) is 41.4 Å². The highest BCUT2D eigenvalue weighted by Gasteiger charge is 2.33. The normalized spacial score (nSPS) is 22.5. The summed E-state index contributed by atoms with van der Waals surface area (Å²) in [6.07, 6.45) is 2.48. The van der Waals surface area contributed by atoms with E-state index in [0.29, 0.717) is 6.61 Å². The summed E-state index contributed by atoms with van der Waals surface area (Å²) in [6.45, 7) is 7.83. The van der Waals surface area contributed by atoms with E-state index in [9.17, 15) is 5.11 Å². The minimum absolute atomic E-state index is 0.155. The van der Waals surface area contributed by atoms with Gasteiger partial charge in [0.1, 0.15) is 5.01 Å². The van der Waals surface area contributed by atoms with Crippen molar-refractivity contribution in [3.8, 4) is 0 Å². The molecule has 1 aromatic heterocycles. The Morgan fingerprint density at radius 2 is 2.29 bits per heavy atom. The lowest BCUT2D eigenvalue weighted by molar-refractivity contribution is 0.102. The molecule has 1 unspecified atom stereocenters. The van der Waals surface area contributed by atoms with Gasteiger partial charge in [-0.15, -0.1) is 11.3 Å². The molecule has 0 bridgehead atoms. The molecule has 0 amide bonds. The van der Waals surface area contributed by atoms with Gasteiger partial charge in [-0.05, 0) is 24.7 Å². The van der Waals surface area contributed by atoms with Crippen molar-refractivity contribution in [2.24, 2.45) is 5.41 Å². The average molecular weight is 255 g/mol. The summed E-state index contributed by atoms with van der Waals surface area (Å²) in [5, 5.41) is 11.1. The second-order valence-electron chi connectivity index (χ2n) is 5.53.